The van der Waals surface area contributed by atoms with Crippen LogP contribution in [0.2, 0.25) is 0 Å². The van der Waals surface area contributed by atoms with Crippen molar-refractivity contribution in [1.82, 2.24) is 19.7 Å². The monoisotopic (exact) mass is 374 g/mol. The smallest absolute Gasteiger partial charge is 0.234 e. The third-order valence-electron chi connectivity index (χ3n) is 4.59. The van der Waals surface area contributed by atoms with E-state index < -0.39 is 0 Å². The highest BCUT2D eigenvalue weighted by atomic mass is 32.2. The number of carbonyl (C=O) groups is 1. The first-order valence-electron chi connectivity index (χ1n) is 9.07. The fraction of sp³-hybridized carbons (Fsp3) is 0.500. The SMILES string of the molecule is CCN1CCN(c2ccc(NC(=O)CSc3nncn3CC)cc2)CC1. The van der Waals surface area contributed by atoms with Gasteiger partial charge in [-0.25, -0.2) is 0 Å². The van der Waals surface area contributed by atoms with E-state index in [0.717, 1.165) is 50.1 Å². The van der Waals surface area contributed by atoms with Crippen LogP contribution >= 0.6 is 11.8 Å². The zero-order valence-corrected chi connectivity index (χ0v) is 16.2. The van der Waals surface area contributed by atoms with Crippen LogP contribution in [0.15, 0.2) is 35.7 Å². The van der Waals surface area contributed by atoms with Gasteiger partial charge in [0.1, 0.15) is 6.33 Å². The molecule has 2 aromatic rings. The standard InChI is InChI=1S/C18H26N6OS/c1-3-22-9-11-24(12-10-22)16-7-5-15(6-8-16)20-17(25)13-26-18-21-19-14-23(18)4-2/h5-8,14H,3-4,9-13H2,1-2H3,(H,20,25). The Kier molecular flexibility index (Phi) is 6.51. The molecular formula is C18H26N6OS. The molecule has 1 amide bonds. The Morgan fingerprint density at radius 1 is 1.12 bits per heavy atom. The quantitative estimate of drug-likeness (QED) is 0.750. The zero-order chi connectivity index (χ0) is 18.4. The summed E-state index contributed by atoms with van der Waals surface area (Å²) in [5, 5.41) is 11.6. The lowest BCUT2D eigenvalue weighted by atomic mass is 10.2. The zero-order valence-electron chi connectivity index (χ0n) is 15.4. The number of thioether (sulfide) groups is 1. The number of nitrogens with one attached hydrogen (secondary N) is 1. The molecule has 1 saturated heterocycles. The molecule has 140 valence electrons. The summed E-state index contributed by atoms with van der Waals surface area (Å²) in [7, 11) is 0. The minimum Gasteiger partial charge on any atom is -0.369 e. The molecule has 1 aromatic heterocycles. The average molecular weight is 375 g/mol. The van der Waals surface area contributed by atoms with Crippen molar-refractivity contribution in [1.29, 1.82) is 0 Å². The highest BCUT2D eigenvalue weighted by Crippen LogP contribution is 2.20. The van der Waals surface area contributed by atoms with E-state index in [2.05, 4.69) is 44.4 Å². The maximum atomic E-state index is 12.2. The number of amides is 1. The maximum Gasteiger partial charge on any atom is 0.234 e. The number of hydrogen-bond donors (Lipinski definition) is 1. The summed E-state index contributed by atoms with van der Waals surface area (Å²) in [6.45, 7) is 10.5. The van der Waals surface area contributed by atoms with Crippen LogP contribution in [-0.2, 0) is 11.3 Å². The number of likely N-dealkylation sites (N-methyl/N-ethyl adjacent to an activating group) is 1. The molecule has 3 rings (SSSR count). The number of nitrogens with zero attached hydrogens (tertiary/aromatic N) is 5. The van der Waals surface area contributed by atoms with E-state index >= 15 is 0 Å². The molecule has 2 heterocycles. The van der Waals surface area contributed by atoms with Crippen molar-refractivity contribution < 1.29 is 4.79 Å². The molecule has 0 atom stereocenters. The van der Waals surface area contributed by atoms with E-state index in [1.54, 1.807) is 6.33 Å². The molecule has 0 spiro atoms. The van der Waals surface area contributed by atoms with Crippen LogP contribution in [0.5, 0.6) is 0 Å². The molecule has 8 heteroatoms. The van der Waals surface area contributed by atoms with Crippen molar-refractivity contribution in [3.05, 3.63) is 30.6 Å². The van der Waals surface area contributed by atoms with Gasteiger partial charge in [0.2, 0.25) is 5.91 Å². The van der Waals surface area contributed by atoms with Gasteiger partial charge in [-0.1, -0.05) is 18.7 Å². The second kappa shape index (κ2) is 9.05. The van der Waals surface area contributed by atoms with E-state index in [-0.39, 0.29) is 5.91 Å². The normalized spacial score (nSPS) is 15.2. The lowest BCUT2D eigenvalue weighted by Crippen LogP contribution is -2.46. The molecule has 1 aliphatic rings. The van der Waals surface area contributed by atoms with Crippen LogP contribution in [0.4, 0.5) is 11.4 Å². The van der Waals surface area contributed by atoms with E-state index in [0.29, 0.717) is 5.75 Å². The van der Waals surface area contributed by atoms with E-state index in [4.69, 9.17) is 0 Å². The highest BCUT2D eigenvalue weighted by molar-refractivity contribution is 7.99. The Labute approximate surface area is 158 Å². The first-order chi connectivity index (χ1) is 12.7. The predicted octanol–water partition coefficient (Wildman–Crippen LogP) is 2.17. The molecule has 0 radical (unpaired) electrons. The van der Waals surface area contributed by atoms with Gasteiger partial charge in [-0.2, -0.15) is 0 Å². The molecule has 1 N–H and O–H groups in total. The summed E-state index contributed by atoms with van der Waals surface area (Å²) >= 11 is 1.40. The summed E-state index contributed by atoms with van der Waals surface area (Å²) in [4.78, 5) is 17.0. The van der Waals surface area contributed by atoms with Gasteiger partial charge in [0, 0.05) is 44.1 Å². The molecule has 1 aliphatic heterocycles. The summed E-state index contributed by atoms with van der Waals surface area (Å²) in [5.74, 6) is 0.282. The molecular weight excluding hydrogens is 348 g/mol. The first kappa shape index (κ1) is 18.7. The van der Waals surface area contributed by atoms with Crippen molar-refractivity contribution in [2.45, 2.75) is 25.5 Å². The number of rotatable bonds is 7. The van der Waals surface area contributed by atoms with Crippen molar-refractivity contribution in [3.8, 4) is 0 Å². The van der Waals surface area contributed by atoms with Gasteiger partial charge in [-0.05, 0) is 37.7 Å². The summed E-state index contributed by atoms with van der Waals surface area (Å²) in [6.07, 6.45) is 1.68. The molecule has 1 fully saturated rings. The number of carbonyl (C=O) groups excluding carboxylic acids is 1. The highest BCUT2D eigenvalue weighted by Gasteiger charge is 2.15. The Morgan fingerprint density at radius 2 is 1.85 bits per heavy atom. The van der Waals surface area contributed by atoms with E-state index in [1.807, 2.05) is 23.6 Å². The Bertz CT molecular complexity index is 709. The third kappa shape index (κ3) is 4.76. The van der Waals surface area contributed by atoms with Crippen molar-refractivity contribution in [2.24, 2.45) is 0 Å². The molecule has 0 bridgehead atoms. The molecule has 1 aromatic carbocycles. The van der Waals surface area contributed by atoms with Crippen molar-refractivity contribution in [3.63, 3.8) is 0 Å². The third-order valence-corrected chi connectivity index (χ3v) is 5.57. The van der Waals surface area contributed by atoms with E-state index in [9.17, 15) is 4.79 Å². The van der Waals surface area contributed by atoms with Gasteiger partial charge in [-0.15, -0.1) is 10.2 Å². The van der Waals surface area contributed by atoms with Crippen LogP contribution in [0, 0.1) is 0 Å². The van der Waals surface area contributed by atoms with Crippen molar-refractivity contribution in [2.75, 3.05) is 48.7 Å². The minimum atomic E-state index is -0.0371. The first-order valence-corrected chi connectivity index (χ1v) is 10.1. The summed E-state index contributed by atoms with van der Waals surface area (Å²) in [6, 6.07) is 8.10. The van der Waals surface area contributed by atoms with Crippen LogP contribution < -0.4 is 10.2 Å². The van der Waals surface area contributed by atoms with Gasteiger partial charge < -0.3 is 19.7 Å². The lowest BCUT2D eigenvalue weighted by molar-refractivity contribution is -0.113. The fourth-order valence-corrected chi connectivity index (χ4v) is 3.76. The number of hydrogen-bond acceptors (Lipinski definition) is 6. The maximum absolute atomic E-state index is 12.2. The number of anilines is 2. The Balaban J connectivity index is 1.48. The minimum absolute atomic E-state index is 0.0371. The molecule has 0 unspecified atom stereocenters. The predicted molar refractivity (Wildman–Crippen MR) is 106 cm³/mol. The average Bonchev–Trinajstić information content (AvgIpc) is 3.15. The van der Waals surface area contributed by atoms with Crippen molar-refractivity contribution >= 4 is 29.0 Å². The van der Waals surface area contributed by atoms with Gasteiger partial charge in [0.05, 0.1) is 5.75 Å². The number of aromatic nitrogens is 3. The van der Waals surface area contributed by atoms with Gasteiger partial charge >= 0.3 is 0 Å². The number of piperazine rings is 1. The van der Waals surface area contributed by atoms with Gasteiger partial charge in [-0.3, -0.25) is 4.79 Å². The molecule has 0 aliphatic carbocycles. The summed E-state index contributed by atoms with van der Waals surface area (Å²) in [5.41, 5.74) is 2.03. The molecule has 7 nitrogen and oxygen atoms in total. The second-order valence-corrected chi connectivity index (χ2v) is 7.15. The van der Waals surface area contributed by atoms with Crippen LogP contribution in [0.3, 0.4) is 0 Å². The Morgan fingerprint density at radius 3 is 2.50 bits per heavy atom. The largest absolute Gasteiger partial charge is 0.369 e. The lowest BCUT2D eigenvalue weighted by Gasteiger charge is -2.35. The van der Waals surface area contributed by atoms with Crippen LogP contribution in [-0.4, -0.2) is 64.0 Å². The number of benzene rings is 1. The molecule has 26 heavy (non-hydrogen) atoms. The molecule has 0 saturated carbocycles. The summed E-state index contributed by atoms with van der Waals surface area (Å²) < 4.78 is 1.92. The Hall–Kier alpha value is -2.06. The fourth-order valence-electron chi connectivity index (χ4n) is 2.98. The van der Waals surface area contributed by atoms with Gasteiger partial charge in [0.15, 0.2) is 5.16 Å². The van der Waals surface area contributed by atoms with Gasteiger partial charge in [0.25, 0.3) is 0 Å². The number of aryl methyl sites for hydroxylation is 1. The van der Waals surface area contributed by atoms with Crippen LogP contribution in [0.25, 0.3) is 0 Å². The topological polar surface area (TPSA) is 66.3 Å². The second-order valence-electron chi connectivity index (χ2n) is 6.20. The van der Waals surface area contributed by atoms with E-state index in [1.165, 1.54) is 17.4 Å². The van der Waals surface area contributed by atoms with Crippen LogP contribution in [0.1, 0.15) is 13.8 Å².